The first kappa shape index (κ1) is 26.4. The fourth-order valence-corrected chi connectivity index (χ4v) is 5.02. The van der Waals surface area contributed by atoms with Gasteiger partial charge in [-0.25, -0.2) is 9.78 Å². The van der Waals surface area contributed by atoms with E-state index in [1.165, 1.54) is 0 Å². The molecule has 2 unspecified atom stereocenters. The predicted octanol–water partition coefficient (Wildman–Crippen LogP) is 5.75. The number of amides is 1. The van der Waals surface area contributed by atoms with Gasteiger partial charge in [0.2, 0.25) is 0 Å². The highest BCUT2D eigenvalue weighted by Crippen LogP contribution is 2.37. The van der Waals surface area contributed by atoms with Gasteiger partial charge in [-0.05, 0) is 109 Å². The van der Waals surface area contributed by atoms with E-state index in [1.54, 1.807) is 0 Å². The van der Waals surface area contributed by atoms with Gasteiger partial charge < -0.3 is 14.2 Å². The molecular formula is C23H38BrN3O3S. The van der Waals surface area contributed by atoms with Crippen LogP contribution in [-0.2, 0) is 16.1 Å². The Hall–Kier alpha value is -0.830. The maximum absolute atomic E-state index is 12.8. The van der Waals surface area contributed by atoms with Crippen molar-refractivity contribution in [3.63, 3.8) is 0 Å². The van der Waals surface area contributed by atoms with E-state index < -0.39 is 17.0 Å². The van der Waals surface area contributed by atoms with Gasteiger partial charge in [0.05, 0.1) is 11.7 Å². The normalized spacial score (nSPS) is 21.1. The number of likely N-dealkylation sites (tertiary alicyclic amines) is 1. The minimum Gasteiger partial charge on any atom is -0.598 e. The largest absolute Gasteiger partial charge is 0.598 e. The Morgan fingerprint density at radius 3 is 2.55 bits per heavy atom. The summed E-state index contributed by atoms with van der Waals surface area (Å²) in [5.41, 5.74) is 0.107. The number of rotatable bonds is 6. The maximum atomic E-state index is 12.8. The fourth-order valence-electron chi connectivity index (χ4n) is 3.81. The van der Waals surface area contributed by atoms with Crippen LogP contribution in [-0.4, -0.2) is 43.0 Å². The lowest BCUT2D eigenvalue weighted by Gasteiger charge is -2.33. The van der Waals surface area contributed by atoms with E-state index in [2.05, 4.69) is 39.5 Å². The van der Waals surface area contributed by atoms with Crippen LogP contribution < -0.4 is 4.72 Å². The zero-order valence-corrected chi connectivity index (χ0v) is 22.5. The highest BCUT2D eigenvalue weighted by Gasteiger charge is 2.43. The van der Waals surface area contributed by atoms with Crippen molar-refractivity contribution in [1.82, 2.24) is 14.6 Å². The van der Waals surface area contributed by atoms with Gasteiger partial charge in [0.25, 0.3) is 0 Å². The van der Waals surface area contributed by atoms with Crippen molar-refractivity contribution in [1.29, 1.82) is 0 Å². The lowest BCUT2D eigenvalue weighted by atomic mass is 9.91. The second-order valence-electron chi connectivity index (χ2n) is 11.0. The SMILES string of the molecule is CC(C)(C)OC(=O)N1C[C@@H](CCC(N[S+]([O-])C(C)(C)C)c2cccc(Br)n2)CC1(C)C. The monoisotopic (exact) mass is 515 g/mol. The molecule has 3 atom stereocenters. The van der Waals surface area contributed by atoms with Crippen molar-refractivity contribution < 1.29 is 14.1 Å². The molecule has 0 saturated carbocycles. The lowest BCUT2D eigenvalue weighted by Crippen LogP contribution is -2.45. The number of hydrogen-bond acceptors (Lipinski definition) is 5. The average Bonchev–Trinajstić information content (AvgIpc) is 2.90. The Balaban J connectivity index is 2.09. The summed E-state index contributed by atoms with van der Waals surface area (Å²) in [5, 5.41) is 0. The number of halogens is 1. The highest BCUT2D eigenvalue weighted by atomic mass is 79.9. The Bertz CT molecular complexity index is 761. The zero-order valence-electron chi connectivity index (χ0n) is 20.1. The predicted molar refractivity (Wildman–Crippen MR) is 130 cm³/mol. The second kappa shape index (κ2) is 9.98. The summed E-state index contributed by atoms with van der Waals surface area (Å²) in [5.74, 6) is 0.349. The fraction of sp³-hybridized carbons (Fsp3) is 0.739. The van der Waals surface area contributed by atoms with Crippen molar-refractivity contribution >= 4 is 33.4 Å². The molecule has 176 valence electrons. The molecular weight excluding hydrogens is 478 g/mol. The van der Waals surface area contributed by atoms with E-state index in [0.29, 0.717) is 12.5 Å². The van der Waals surface area contributed by atoms with Crippen molar-refractivity contribution in [2.45, 2.75) is 96.6 Å². The van der Waals surface area contributed by atoms with Crippen LogP contribution in [0.25, 0.3) is 0 Å². The third-order valence-corrected chi connectivity index (χ3v) is 7.39. The number of aromatic nitrogens is 1. The highest BCUT2D eigenvalue weighted by molar-refractivity contribution is 9.10. The van der Waals surface area contributed by atoms with Gasteiger partial charge in [-0.2, -0.15) is 0 Å². The quantitative estimate of drug-likeness (QED) is 0.385. The summed E-state index contributed by atoms with van der Waals surface area (Å²) in [4.78, 5) is 19.2. The average molecular weight is 517 g/mol. The Kier molecular flexibility index (Phi) is 8.50. The van der Waals surface area contributed by atoms with Crippen LogP contribution in [0.1, 0.15) is 86.4 Å². The van der Waals surface area contributed by atoms with Gasteiger partial charge in [-0.15, -0.1) is 4.72 Å². The molecule has 1 aromatic rings. The molecule has 1 aromatic heterocycles. The topological polar surface area (TPSA) is 77.5 Å². The minimum absolute atomic E-state index is 0.128. The molecule has 1 aliphatic rings. The second-order valence-corrected chi connectivity index (χ2v) is 13.8. The molecule has 0 aromatic carbocycles. The zero-order chi connectivity index (χ0) is 23.6. The van der Waals surface area contributed by atoms with E-state index in [1.807, 2.05) is 64.6 Å². The van der Waals surface area contributed by atoms with Gasteiger partial charge in [0.1, 0.15) is 15.0 Å². The Morgan fingerprint density at radius 2 is 2.00 bits per heavy atom. The summed E-state index contributed by atoms with van der Waals surface area (Å²) in [6.07, 6.45) is 2.34. The van der Waals surface area contributed by atoms with E-state index in [0.717, 1.165) is 29.6 Å². The van der Waals surface area contributed by atoms with E-state index >= 15 is 0 Å². The minimum atomic E-state index is -1.21. The van der Waals surface area contributed by atoms with Crippen LogP contribution in [0.2, 0.25) is 0 Å². The first-order valence-electron chi connectivity index (χ1n) is 10.9. The van der Waals surface area contributed by atoms with Crippen molar-refractivity contribution in [3.8, 4) is 0 Å². The molecule has 6 nitrogen and oxygen atoms in total. The third-order valence-electron chi connectivity index (χ3n) is 5.34. The van der Waals surface area contributed by atoms with Crippen LogP contribution in [0.5, 0.6) is 0 Å². The first-order chi connectivity index (χ1) is 14.1. The molecule has 0 spiro atoms. The summed E-state index contributed by atoms with van der Waals surface area (Å²) in [6.45, 7) is 16.4. The number of nitrogens with zero attached hydrogens (tertiary/aromatic N) is 2. The molecule has 1 amide bonds. The van der Waals surface area contributed by atoms with Crippen LogP contribution in [0.15, 0.2) is 22.8 Å². The molecule has 8 heteroatoms. The van der Waals surface area contributed by atoms with Gasteiger partial charge in [-0.1, -0.05) is 6.07 Å². The smallest absolute Gasteiger partial charge is 0.410 e. The molecule has 0 aliphatic carbocycles. The number of hydrogen-bond donors (Lipinski definition) is 1. The summed E-state index contributed by atoms with van der Waals surface area (Å²) >= 11 is 2.23. The van der Waals surface area contributed by atoms with E-state index in [9.17, 15) is 9.35 Å². The lowest BCUT2D eigenvalue weighted by molar-refractivity contribution is 0.0131. The molecule has 1 fully saturated rings. The van der Waals surface area contributed by atoms with Crippen LogP contribution >= 0.6 is 15.9 Å². The summed E-state index contributed by atoms with van der Waals surface area (Å²) in [7, 11) is 0. The summed E-state index contributed by atoms with van der Waals surface area (Å²) in [6, 6.07) is 5.67. The molecule has 0 bridgehead atoms. The first-order valence-corrected chi connectivity index (χ1v) is 12.8. The van der Waals surface area contributed by atoms with Crippen molar-refractivity contribution in [2.24, 2.45) is 5.92 Å². The van der Waals surface area contributed by atoms with Crippen LogP contribution in [0.3, 0.4) is 0 Å². The molecule has 1 aliphatic heterocycles. The molecule has 2 rings (SSSR count). The number of pyridine rings is 1. The molecule has 0 radical (unpaired) electrons. The Morgan fingerprint density at radius 1 is 1.35 bits per heavy atom. The maximum Gasteiger partial charge on any atom is 0.410 e. The summed E-state index contributed by atoms with van der Waals surface area (Å²) < 4.78 is 22.1. The van der Waals surface area contributed by atoms with E-state index in [4.69, 9.17) is 4.74 Å². The number of carbonyl (C=O) groups excluding carboxylic acids is 1. The van der Waals surface area contributed by atoms with Gasteiger partial charge >= 0.3 is 6.09 Å². The number of ether oxygens (including phenoxy) is 1. The molecule has 2 heterocycles. The van der Waals surface area contributed by atoms with E-state index in [-0.39, 0.29) is 22.4 Å². The molecule has 1 N–H and O–H groups in total. The third kappa shape index (κ3) is 7.91. The van der Waals surface area contributed by atoms with Gasteiger partial charge in [0, 0.05) is 23.4 Å². The standard InChI is InChI=1S/C23H38BrN3O3S/c1-21(2,3)30-20(28)27-15-16(14-23(27,7)8)12-13-18(26-31(29)22(4,5)6)17-10-9-11-19(24)25-17/h9-11,16,18,26H,12-15H2,1-8H3/t16-,18?,31?/m0/s1. The van der Waals surface area contributed by atoms with Crippen molar-refractivity contribution in [2.75, 3.05) is 6.54 Å². The van der Waals surface area contributed by atoms with Crippen molar-refractivity contribution in [3.05, 3.63) is 28.5 Å². The Labute approximate surface area is 199 Å². The van der Waals surface area contributed by atoms with Crippen LogP contribution in [0.4, 0.5) is 4.79 Å². The van der Waals surface area contributed by atoms with Gasteiger partial charge in [-0.3, -0.25) is 0 Å². The van der Waals surface area contributed by atoms with Gasteiger partial charge in [0.15, 0.2) is 0 Å². The molecule has 31 heavy (non-hydrogen) atoms. The number of nitrogens with one attached hydrogen (secondary N) is 1. The number of carbonyl (C=O) groups is 1. The molecule has 1 saturated heterocycles. The van der Waals surface area contributed by atoms with Crippen LogP contribution in [0, 0.1) is 5.92 Å².